The van der Waals surface area contributed by atoms with Crippen molar-refractivity contribution in [1.29, 1.82) is 0 Å². The van der Waals surface area contributed by atoms with Gasteiger partial charge in [0.15, 0.2) is 0 Å². The van der Waals surface area contributed by atoms with Crippen LogP contribution in [0.5, 0.6) is 0 Å². The largest absolute Gasteiger partial charge is 0.478 e. The number of carbonyl (C=O) groups is 1. The highest BCUT2D eigenvalue weighted by molar-refractivity contribution is 5.92. The lowest BCUT2D eigenvalue weighted by Gasteiger charge is -2.03. The predicted molar refractivity (Wildman–Crippen MR) is 76.9 cm³/mol. The van der Waals surface area contributed by atoms with Gasteiger partial charge in [-0.15, -0.1) is 0 Å². The fraction of sp³-hybridized carbons (Fsp3) is 0.125. The molecule has 0 bridgehead atoms. The molecule has 0 aliphatic heterocycles. The number of rotatable bonds is 3. The molecular formula is C16H13FN2O2. The Labute approximate surface area is 120 Å². The minimum absolute atomic E-state index is 0.206. The Morgan fingerprint density at radius 3 is 2.81 bits per heavy atom. The fourth-order valence-electron chi connectivity index (χ4n) is 2.37. The van der Waals surface area contributed by atoms with Crippen LogP contribution in [-0.2, 0) is 13.5 Å². The van der Waals surface area contributed by atoms with Gasteiger partial charge in [0.25, 0.3) is 0 Å². The normalized spacial score (nSPS) is 11.0. The molecule has 106 valence electrons. The molecule has 0 spiro atoms. The highest BCUT2D eigenvalue weighted by atomic mass is 19.1. The number of carboxylic acids is 1. The maximum atomic E-state index is 13.2. The summed E-state index contributed by atoms with van der Waals surface area (Å²) in [5.41, 5.74) is 2.51. The van der Waals surface area contributed by atoms with Crippen molar-refractivity contribution in [3.8, 4) is 0 Å². The molecule has 0 fully saturated rings. The number of aryl methyl sites for hydroxylation is 1. The second-order valence-corrected chi connectivity index (χ2v) is 4.90. The van der Waals surface area contributed by atoms with Gasteiger partial charge in [0.2, 0.25) is 0 Å². The number of nitrogens with zero attached hydrogens (tertiary/aromatic N) is 2. The van der Waals surface area contributed by atoms with Crippen molar-refractivity contribution in [1.82, 2.24) is 9.55 Å². The number of hydrogen-bond acceptors (Lipinski definition) is 2. The van der Waals surface area contributed by atoms with Gasteiger partial charge in [-0.2, -0.15) is 0 Å². The van der Waals surface area contributed by atoms with Crippen LogP contribution in [0.2, 0.25) is 0 Å². The topological polar surface area (TPSA) is 55.1 Å². The molecule has 0 aliphatic rings. The molecule has 4 nitrogen and oxygen atoms in total. The number of carboxylic acid groups (broad SMARTS) is 1. The first-order valence-corrected chi connectivity index (χ1v) is 6.47. The Balaban J connectivity index is 2.03. The molecule has 0 amide bonds. The number of imidazole rings is 1. The Kier molecular flexibility index (Phi) is 3.17. The van der Waals surface area contributed by atoms with E-state index in [9.17, 15) is 9.18 Å². The van der Waals surface area contributed by atoms with Crippen molar-refractivity contribution in [3.63, 3.8) is 0 Å². The predicted octanol–water partition coefficient (Wildman–Crippen LogP) is 3.00. The Morgan fingerprint density at radius 1 is 1.29 bits per heavy atom. The van der Waals surface area contributed by atoms with Crippen molar-refractivity contribution < 1.29 is 14.3 Å². The van der Waals surface area contributed by atoms with Gasteiger partial charge in [-0.3, -0.25) is 0 Å². The van der Waals surface area contributed by atoms with Gasteiger partial charge < -0.3 is 9.67 Å². The van der Waals surface area contributed by atoms with Crippen molar-refractivity contribution in [3.05, 3.63) is 65.2 Å². The summed E-state index contributed by atoms with van der Waals surface area (Å²) in [4.78, 5) is 15.4. The summed E-state index contributed by atoms with van der Waals surface area (Å²) in [7, 11) is 1.87. The van der Waals surface area contributed by atoms with Crippen LogP contribution in [0.25, 0.3) is 11.0 Å². The molecule has 21 heavy (non-hydrogen) atoms. The quantitative estimate of drug-likeness (QED) is 0.804. The third-order valence-corrected chi connectivity index (χ3v) is 3.47. The molecule has 3 aromatic rings. The van der Waals surface area contributed by atoms with Crippen molar-refractivity contribution in [2.45, 2.75) is 6.42 Å². The van der Waals surface area contributed by atoms with Gasteiger partial charge in [0.1, 0.15) is 11.6 Å². The van der Waals surface area contributed by atoms with Crippen molar-refractivity contribution in [2.24, 2.45) is 7.05 Å². The SMILES string of the molecule is Cn1c(Cc2cccc(F)c2)nc2cc(C(=O)O)ccc21. The zero-order valence-corrected chi connectivity index (χ0v) is 11.4. The van der Waals surface area contributed by atoms with E-state index in [1.807, 2.05) is 17.7 Å². The van der Waals surface area contributed by atoms with Gasteiger partial charge in [-0.1, -0.05) is 12.1 Å². The van der Waals surface area contributed by atoms with E-state index in [1.165, 1.54) is 12.1 Å². The van der Waals surface area contributed by atoms with Crippen LogP contribution < -0.4 is 0 Å². The highest BCUT2D eigenvalue weighted by Crippen LogP contribution is 2.19. The molecule has 0 saturated carbocycles. The summed E-state index contributed by atoms with van der Waals surface area (Å²) in [6.07, 6.45) is 0.491. The Bertz CT molecular complexity index is 839. The second kappa shape index (κ2) is 5.01. The summed E-state index contributed by atoms with van der Waals surface area (Å²) in [5.74, 6) is -0.494. The van der Waals surface area contributed by atoms with Crippen LogP contribution in [0.1, 0.15) is 21.7 Å². The zero-order valence-electron chi connectivity index (χ0n) is 11.4. The molecular weight excluding hydrogens is 271 g/mol. The van der Waals surface area contributed by atoms with E-state index in [1.54, 1.807) is 24.3 Å². The van der Waals surface area contributed by atoms with Crippen LogP contribution in [0.4, 0.5) is 4.39 Å². The average Bonchev–Trinajstić information content (AvgIpc) is 2.75. The van der Waals surface area contributed by atoms with E-state index >= 15 is 0 Å². The molecule has 1 aromatic heterocycles. The summed E-state index contributed by atoms with van der Waals surface area (Å²) in [6, 6.07) is 11.2. The molecule has 0 radical (unpaired) electrons. The second-order valence-electron chi connectivity index (χ2n) is 4.90. The van der Waals surface area contributed by atoms with Gasteiger partial charge >= 0.3 is 5.97 Å². The van der Waals surface area contributed by atoms with Gasteiger partial charge in [0, 0.05) is 13.5 Å². The first kappa shape index (κ1) is 13.3. The standard InChI is InChI=1S/C16H13FN2O2/c1-19-14-6-5-11(16(20)21)9-13(14)18-15(19)8-10-3-2-4-12(17)7-10/h2-7,9H,8H2,1H3,(H,20,21). The summed E-state index contributed by atoms with van der Waals surface area (Å²) < 4.78 is 15.1. The highest BCUT2D eigenvalue weighted by Gasteiger charge is 2.11. The molecule has 0 saturated heterocycles. The molecule has 0 aliphatic carbocycles. The van der Waals surface area contributed by atoms with Crippen LogP contribution in [-0.4, -0.2) is 20.6 Å². The maximum Gasteiger partial charge on any atom is 0.335 e. The van der Waals surface area contributed by atoms with Crippen molar-refractivity contribution in [2.75, 3.05) is 0 Å². The molecule has 2 aromatic carbocycles. The maximum absolute atomic E-state index is 13.2. The minimum atomic E-state index is -0.978. The Hall–Kier alpha value is -2.69. The van der Waals surface area contributed by atoms with E-state index in [0.29, 0.717) is 11.9 Å². The van der Waals surface area contributed by atoms with Crippen LogP contribution in [0.15, 0.2) is 42.5 Å². The minimum Gasteiger partial charge on any atom is -0.478 e. The number of halogens is 1. The van der Waals surface area contributed by atoms with E-state index in [-0.39, 0.29) is 11.4 Å². The average molecular weight is 284 g/mol. The summed E-state index contributed by atoms with van der Waals surface area (Å²) >= 11 is 0. The van der Waals surface area contributed by atoms with Gasteiger partial charge in [-0.05, 0) is 35.9 Å². The van der Waals surface area contributed by atoms with E-state index in [4.69, 9.17) is 5.11 Å². The van der Waals surface area contributed by atoms with Gasteiger partial charge in [0.05, 0.1) is 16.6 Å². The third-order valence-electron chi connectivity index (χ3n) is 3.47. The van der Waals surface area contributed by atoms with E-state index in [0.717, 1.165) is 16.9 Å². The molecule has 1 heterocycles. The lowest BCUT2D eigenvalue weighted by atomic mass is 10.1. The van der Waals surface area contributed by atoms with Crippen LogP contribution >= 0.6 is 0 Å². The van der Waals surface area contributed by atoms with Crippen LogP contribution in [0.3, 0.4) is 0 Å². The first-order chi connectivity index (χ1) is 10.0. The summed E-state index contributed by atoms with van der Waals surface area (Å²) in [5, 5.41) is 9.01. The first-order valence-electron chi connectivity index (χ1n) is 6.47. The lowest BCUT2D eigenvalue weighted by Crippen LogP contribution is -1.99. The summed E-state index contributed by atoms with van der Waals surface area (Å²) in [6.45, 7) is 0. The number of hydrogen-bond donors (Lipinski definition) is 1. The molecule has 1 N–H and O–H groups in total. The van der Waals surface area contributed by atoms with Gasteiger partial charge in [-0.25, -0.2) is 14.2 Å². The molecule has 0 atom stereocenters. The van der Waals surface area contributed by atoms with E-state index in [2.05, 4.69) is 4.98 Å². The monoisotopic (exact) mass is 284 g/mol. The number of aromatic carboxylic acids is 1. The number of aromatic nitrogens is 2. The fourth-order valence-corrected chi connectivity index (χ4v) is 2.37. The molecule has 3 rings (SSSR count). The molecule has 0 unspecified atom stereocenters. The lowest BCUT2D eigenvalue weighted by molar-refractivity contribution is 0.0697. The zero-order chi connectivity index (χ0) is 15.0. The van der Waals surface area contributed by atoms with Crippen molar-refractivity contribution >= 4 is 17.0 Å². The third kappa shape index (κ3) is 2.50. The van der Waals surface area contributed by atoms with Crippen LogP contribution in [0, 0.1) is 5.82 Å². The number of benzene rings is 2. The Morgan fingerprint density at radius 2 is 2.10 bits per heavy atom. The van der Waals surface area contributed by atoms with E-state index < -0.39 is 5.97 Å². The smallest absolute Gasteiger partial charge is 0.335 e. The number of fused-ring (bicyclic) bond motifs is 1. The molecule has 5 heteroatoms.